The van der Waals surface area contributed by atoms with Crippen molar-refractivity contribution in [2.24, 2.45) is 23.7 Å². The molecule has 1 saturated carbocycles. The molecule has 276 valence electrons. The standard InChI is InChI=1S/C43H39ClFN3O6/c1-42(2,3)47-38(50)32-20-19-30-33(36(32)40(47)52)22-34-39(51)48(46-28-15-13-27(45)14-16-28)41(53)43(34,25-9-11-26(44)12-10-25)37(30)31-18-17-29(21-35(31)49)54-23-24-7-5-4-6-8-24/h4-19,21,32-34,36-37,46,49H,20,22-23H2,1-3H3. The van der Waals surface area contributed by atoms with Gasteiger partial charge in [-0.05, 0) is 93.1 Å². The van der Waals surface area contributed by atoms with E-state index in [-0.39, 0.29) is 37.0 Å². The molecule has 9 nitrogen and oxygen atoms in total. The maximum atomic E-state index is 15.3. The summed E-state index contributed by atoms with van der Waals surface area (Å²) in [5.74, 6) is -5.90. The molecule has 2 saturated heterocycles. The summed E-state index contributed by atoms with van der Waals surface area (Å²) in [5.41, 5.74) is 3.37. The number of benzene rings is 4. The Balaban J connectivity index is 1.30. The van der Waals surface area contributed by atoms with Crippen molar-refractivity contribution in [2.45, 2.75) is 57.1 Å². The van der Waals surface area contributed by atoms with Crippen LogP contribution in [0, 0.1) is 29.5 Å². The van der Waals surface area contributed by atoms with Crippen LogP contribution in [0.5, 0.6) is 11.5 Å². The molecule has 0 aromatic heterocycles. The van der Waals surface area contributed by atoms with Crippen molar-refractivity contribution in [3.63, 3.8) is 0 Å². The first-order chi connectivity index (χ1) is 25.8. The number of nitrogens with one attached hydrogen (secondary N) is 1. The maximum Gasteiger partial charge on any atom is 0.260 e. The Morgan fingerprint density at radius 3 is 2.26 bits per heavy atom. The van der Waals surface area contributed by atoms with Crippen molar-refractivity contribution in [2.75, 3.05) is 5.43 Å². The molecular formula is C43H39ClFN3O6. The van der Waals surface area contributed by atoms with Gasteiger partial charge in [0.2, 0.25) is 11.8 Å². The number of nitrogens with zero attached hydrogens (tertiary/aromatic N) is 2. The van der Waals surface area contributed by atoms with Gasteiger partial charge in [-0.3, -0.25) is 29.5 Å². The number of rotatable bonds is 7. The summed E-state index contributed by atoms with van der Waals surface area (Å²) < 4.78 is 20.0. The van der Waals surface area contributed by atoms with Crippen molar-refractivity contribution < 1.29 is 33.4 Å². The molecule has 6 unspecified atom stereocenters. The highest BCUT2D eigenvalue weighted by Crippen LogP contribution is 2.65. The van der Waals surface area contributed by atoms with Gasteiger partial charge in [0.15, 0.2) is 0 Å². The number of fused-ring (bicyclic) bond motifs is 4. The molecule has 8 rings (SSSR count). The molecule has 2 heterocycles. The number of aromatic hydroxyl groups is 1. The molecular weight excluding hydrogens is 709 g/mol. The smallest absolute Gasteiger partial charge is 0.260 e. The van der Waals surface area contributed by atoms with E-state index >= 15 is 4.79 Å². The van der Waals surface area contributed by atoms with Crippen molar-refractivity contribution in [3.05, 3.63) is 136 Å². The second kappa shape index (κ2) is 13.1. The van der Waals surface area contributed by atoms with Crippen LogP contribution in [0.3, 0.4) is 0 Å². The Morgan fingerprint density at radius 1 is 0.889 bits per heavy atom. The Kier molecular flexibility index (Phi) is 8.64. The number of anilines is 1. The Hall–Kier alpha value is -5.48. The summed E-state index contributed by atoms with van der Waals surface area (Å²) in [5, 5.41) is 13.4. The number of hydrogen-bond donors (Lipinski definition) is 2. The van der Waals surface area contributed by atoms with Gasteiger partial charge >= 0.3 is 0 Å². The number of halogens is 2. The van der Waals surface area contributed by atoms with E-state index < -0.39 is 58.2 Å². The highest BCUT2D eigenvalue weighted by molar-refractivity contribution is 6.30. The van der Waals surface area contributed by atoms with Crippen LogP contribution < -0.4 is 10.2 Å². The van der Waals surface area contributed by atoms with Crippen LogP contribution >= 0.6 is 11.6 Å². The van der Waals surface area contributed by atoms with E-state index in [9.17, 15) is 23.9 Å². The second-order valence-electron chi connectivity index (χ2n) is 15.6. The van der Waals surface area contributed by atoms with Gasteiger partial charge in [0.1, 0.15) is 23.9 Å². The van der Waals surface area contributed by atoms with Crippen molar-refractivity contribution >= 4 is 40.9 Å². The van der Waals surface area contributed by atoms with E-state index in [1.807, 2.05) is 57.2 Å². The summed E-state index contributed by atoms with van der Waals surface area (Å²) in [4.78, 5) is 59.7. The lowest BCUT2D eigenvalue weighted by atomic mass is 9.49. The molecule has 11 heteroatoms. The molecule has 2 N–H and O–H groups in total. The Morgan fingerprint density at radius 2 is 1.59 bits per heavy atom. The lowest BCUT2D eigenvalue weighted by molar-refractivity contribution is -0.146. The van der Waals surface area contributed by atoms with Crippen LogP contribution in [-0.2, 0) is 31.2 Å². The minimum absolute atomic E-state index is 0.0916. The van der Waals surface area contributed by atoms with Crippen LogP contribution in [0.1, 0.15) is 56.2 Å². The van der Waals surface area contributed by atoms with E-state index in [4.69, 9.17) is 16.3 Å². The zero-order valence-corrected chi connectivity index (χ0v) is 30.7. The number of ether oxygens (including phenoxy) is 1. The SMILES string of the molecule is CC(C)(C)N1C(=O)C2CC=C3C(CC4C(=O)N(Nc5ccc(F)cc5)C(=O)C4(c4ccc(Cl)cc4)C3c3ccc(OCc4ccccc4)cc3O)C2C1=O. The minimum atomic E-state index is -1.62. The maximum absolute atomic E-state index is 15.3. The minimum Gasteiger partial charge on any atom is -0.508 e. The number of imide groups is 2. The fraction of sp³-hybridized carbons (Fsp3) is 0.302. The molecule has 0 bridgehead atoms. The van der Waals surface area contributed by atoms with Crippen molar-refractivity contribution in [3.8, 4) is 11.5 Å². The van der Waals surface area contributed by atoms with Gasteiger partial charge in [-0.25, -0.2) is 4.39 Å². The predicted octanol–water partition coefficient (Wildman–Crippen LogP) is 7.55. The lowest BCUT2D eigenvalue weighted by Gasteiger charge is -2.50. The predicted molar refractivity (Wildman–Crippen MR) is 200 cm³/mol. The third-order valence-corrected chi connectivity index (χ3v) is 11.7. The molecule has 4 amide bonds. The molecule has 4 aliphatic rings. The van der Waals surface area contributed by atoms with Gasteiger partial charge in [0.25, 0.3) is 11.8 Å². The molecule has 0 spiro atoms. The van der Waals surface area contributed by atoms with E-state index in [0.29, 0.717) is 33.2 Å². The quantitative estimate of drug-likeness (QED) is 0.148. The first-order valence-electron chi connectivity index (χ1n) is 18.0. The lowest BCUT2D eigenvalue weighted by Crippen LogP contribution is -2.53. The Bertz CT molecular complexity index is 2200. The highest BCUT2D eigenvalue weighted by Gasteiger charge is 2.71. The van der Waals surface area contributed by atoms with Gasteiger partial charge < -0.3 is 9.84 Å². The number of phenols is 1. The third-order valence-electron chi connectivity index (χ3n) is 11.5. The van der Waals surface area contributed by atoms with E-state index in [0.717, 1.165) is 10.6 Å². The number of carbonyl (C=O) groups excluding carboxylic acids is 4. The topological polar surface area (TPSA) is 116 Å². The zero-order valence-electron chi connectivity index (χ0n) is 30.0. The fourth-order valence-corrected chi connectivity index (χ4v) is 9.39. The largest absolute Gasteiger partial charge is 0.508 e. The number of likely N-dealkylation sites (tertiary alicyclic amines) is 1. The first kappa shape index (κ1) is 35.5. The molecule has 2 aliphatic carbocycles. The molecule has 4 aromatic rings. The number of phenolic OH excluding ortho intramolecular Hbond substituents is 1. The van der Waals surface area contributed by atoms with Crippen LogP contribution in [0.2, 0.25) is 5.02 Å². The second-order valence-corrected chi connectivity index (χ2v) is 16.0. The number of amides is 4. The van der Waals surface area contributed by atoms with Gasteiger partial charge in [0, 0.05) is 28.1 Å². The molecule has 6 atom stereocenters. The van der Waals surface area contributed by atoms with E-state index in [1.165, 1.54) is 35.2 Å². The molecule has 2 aliphatic heterocycles. The number of allylic oxidation sites excluding steroid dienone is 2. The molecule has 3 fully saturated rings. The van der Waals surface area contributed by atoms with E-state index in [1.54, 1.807) is 36.4 Å². The van der Waals surface area contributed by atoms with Gasteiger partial charge in [0.05, 0.1) is 28.9 Å². The van der Waals surface area contributed by atoms with Crippen LogP contribution in [0.15, 0.2) is 109 Å². The average molecular weight is 748 g/mol. The fourth-order valence-electron chi connectivity index (χ4n) is 9.26. The van der Waals surface area contributed by atoms with Crippen LogP contribution in [-0.4, -0.2) is 44.2 Å². The Labute approximate surface area is 317 Å². The summed E-state index contributed by atoms with van der Waals surface area (Å²) in [6.45, 7) is 5.72. The van der Waals surface area contributed by atoms with Crippen molar-refractivity contribution in [1.29, 1.82) is 0 Å². The van der Waals surface area contributed by atoms with Crippen LogP contribution in [0.25, 0.3) is 0 Å². The highest BCUT2D eigenvalue weighted by atomic mass is 35.5. The summed E-state index contributed by atoms with van der Waals surface area (Å²) in [6.07, 6.45) is 2.29. The van der Waals surface area contributed by atoms with Gasteiger partial charge in [-0.15, -0.1) is 0 Å². The van der Waals surface area contributed by atoms with Gasteiger partial charge in [-0.1, -0.05) is 71.8 Å². The first-order valence-corrected chi connectivity index (χ1v) is 18.4. The van der Waals surface area contributed by atoms with Crippen molar-refractivity contribution in [1.82, 2.24) is 9.91 Å². The normalized spacial score (nSPS) is 26.3. The van der Waals surface area contributed by atoms with Crippen LogP contribution in [0.4, 0.5) is 10.1 Å². The monoisotopic (exact) mass is 747 g/mol. The molecule has 54 heavy (non-hydrogen) atoms. The summed E-state index contributed by atoms with van der Waals surface area (Å²) in [7, 11) is 0. The average Bonchev–Trinajstić information content (AvgIpc) is 3.53. The zero-order chi connectivity index (χ0) is 38.1. The molecule has 4 aromatic carbocycles. The summed E-state index contributed by atoms with van der Waals surface area (Å²) in [6, 6.07) is 26.6. The van der Waals surface area contributed by atoms with E-state index in [2.05, 4.69) is 5.43 Å². The number of hydrogen-bond acceptors (Lipinski definition) is 7. The van der Waals surface area contributed by atoms with Gasteiger partial charge in [-0.2, -0.15) is 5.01 Å². The number of carbonyl (C=O) groups is 4. The summed E-state index contributed by atoms with van der Waals surface area (Å²) >= 11 is 6.38. The molecule has 0 radical (unpaired) electrons. The third kappa shape index (κ3) is 5.57. The number of hydrazine groups is 1.